The van der Waals surface area contributed by atoms with Crippen LogP contribution in [0.3, 0.4) is 0 Å². The lowest BCUT2D eigenvalue weighted by molar-refractivity contribution is -0.567. The van der Waals surface area contributed by atoms with Crippen molar-refractivity contribution < 1.29 is 26.7 Å². The second-order valence-corrected chi connectivity index (χ2v) is 2.00. The first-order valence-corrected chi connectivity index (χ1v) is 3.17. The molecule has 0 aliphatic rings. The minimum absolute atomic E-state index is 0. The standard InChI is InChI=1S/C7H11N2O.BrH/c1-2-8-3-4-9(7-8)5-6-10;/h2-4,7,10H,1,5-6H2;1H/q+1;/p-1. The van der Waals surface area contributed by atoms with Crippen molar-refractivity contribution in [3.63, 3.8) is 0 Å². The fourth-order valence-electron chi connectivity index (χ4n) is 0.767. The van der Waals surface area contributed by atoms with Crippen molar-refractivity contribution >= 4 is 6.20 Å². The molecule has 0 aliphatic heterocycles. The first-order chi connectivity index (χ1) is 4.86. The highest BCUT2D eigenvalue weighted by atomic mass is 79.9. The van der Waals surface area contributed by atoms with Gasteiger partial charge in [-0.2, -0.15) is 0 Å². The lowest BCUT2D eigenvalue weighted by atomic mass is 10.7. The molecule has 1 rings (SSSR count). The van der Waals surface area contributed by atoms with Crippen molar-refractivity contribution in [1.29, 1.82) is 0 Å². The van der Waals surface area contributed by atoms with E-state index in [-0.39, 0.29) is 23.6 Å². The van der Waals surface area contributed by atoms with Crippen LogP contribution in [0.1, 0.15) is 0 Å². The summed E-state index contributed by atoms with van der Waals surface area (Å²) >= 11 is 0. The molecule has 1 aromatic heterocycles. The zero-order chi connectivity index (χ0) is 7.40. The van der Waals surface area contributed by atoms with Crippen molar-refractivity contribution in [1.82, 2.24) is 4.57 Å². The van der Waals surface area contributed by atoms with Crippen molar-refractivity contribution in [2.24, 2.45) is 0 Å². The van der Waals surface area contributed by atoms with Gasteiger partial charge >= 0.3 is 0 Å². The number of imidazole rings is 1. The first-order valence-electron chi connectivity index (χ1n) is 3.17. The Morgan fingerprint density at radius 3 is 2.82 bits per heavy atom. The second kappa shape index (κ2) is 5.09. The average molecular weight is 219 g/mol. The molecule has 62 valence electrons. The topological polar surface area (TPSA) is 29.0 Å². The van der Waals surface area contributed by atoms with E-state index in [9.17, 15) is 0 Å². The first kappa shape index (κ1) is 10.4. The number of aromatic nitrogens is 2. The molecule has 11 heavy (non-hydrogen) atoms. The van der Waals surface area contributed by atoms with Crippen LogP contribution >= 0.6 is 0 Å². The van der Waals surface area contributed by atoms with Gasteiger partial charge in [-0.3, -0.25) is 0 Å². The van der Waals surface area contributed by atoms with Crippen LogP contribution in [0.5, 0.6) is 0 Å². The van der Waals surface area contributed by atoms with E-state index in [0.717, 1.165) is 0 Å². The van der Waals surface area contributed by atoms with Crippen molar-refractivity contribution in [2.45, 2.75) is 6.54 Å². The Kier molecular flexibility index (Phi) is 4.81. The number of hydrogen-bond acceptors (Lipinski definition) is 1. The summed E-state index contributed by atoms with van der Waals surface area (Å²) in [6, 6.07) is 0. The molecule has 0 radical (unpaired) electrons. The van der Waals surface area contributed by atoms with Crippen LogP contribution < -0.4 is 21.5 Å². The SMILES string of the molecule is C=C[n+]1ccn(CCO)c1.[Br-]. The smallest absolute Gasteiger partial charge is 0.248 e. The molecule has 0 atom stereocenters. The molecule has 0 bridgehead atoms. The van der Waals surface area contributed by atoms with Gasteiger partial charge in [0, 0.05) is 0 Å². The van der Waals surface area contributed by atoms with Gasteiger partial charge in [-0.15, -0.1) is 0 Å². The van der Waals surface area contributed by atoms with Crippen molar-refractivity contribution in [3.05, 3.63) is 25.3 Å². The Hall–Kier alpha value is -0.610. The summed E-state index contributed by atoms with van der Waals surface area (Å²) in [7, 11) is 0. The van der Waals surface area contributed by atoms with Crippen LogP contribution in [-0.2, 0) is 6.54 Å². The Balaban J connectivity index is 0.000001000. The molecular weight excluding hydrogens is 208 g/mol. The predicted molar refractivity (Wildman–Crippen MR) is 38.1 cm³/mol. The van der Waals surface area contributed by atoms with Crippen LogP contribution in [0.15, 0.2) is 25.3 Å². The molecule has 0 aliphatic carbocycles. The Morgan fingerprint density at radius 2 is 2.36 bits per heavy atom. The maximum atomic E-state index is 8.55. The Bertz CT molecular complexity index is 222. The highest BCUT2D eigenvalue weighted by molar-refractivity contribution is 4.94. The molecule has 0 fully saturated rings. The second-order valence-electron chi connectivity index (χ2n) is 2.00. The third-order valence-electron chi connectivity index (χ3n) is 1.28. The van der Waals surface area contributed by atoms with Gasteiger partial charge in [0.05, 0.1) is 12.8 Å². The van der Waals surface area contributed by atoms with E-state index < -0.39 is 0 Å². The van der Waals surface area contributed by atoms with Crippen LogP contribution in [0.25, 0.3) is 6.20 Å². The van der Waals surface area contributed by atoms with Crippen molar-refractivity contribution in [3.8, 4) is 0 Å². The van der Waals surface area contributed by atoms with E-state index in [1.807, 2.05) is 27.9 Å². The summed E-state index contributed by atoms with van der Waals surface area (Å²) in [5, 5.41) is 8.55. The maximum Gasteiger partial charge on any atom is 0.248 e. The summed E-state index contributed by atoms with van der Waals surface area (Å²) in [5.41, 5.74) is 0. The van der Waals surface area contributed by atoms with Gasteiger partial charge in [-0.1, -0.05) is 6.58 Å². The fourth-order valence-corrected chi connectivity index (χ4v) is 0.767. The molecule has 0 amide bonds. The normalized spacial score (nSPS) is 8.82. The van der Waals surface area contributed by atoms with E-state index in [2.05, 4.69) is 6.58 Å². The number of aliphatic hydroxyl groups is 1. The number of rotatable bonds is 3. The van der Waals surface area contributed by atoms with E-state index in [0.29, 0.717) is 6.54 Å². The van der Waals surface area contributed by atoms with Crippen LogP contribution in [-0.4, -0.2) is 16.3 Å². The zero-order valence-corrected chi connectivity index (χ0v) is 7.74. The summed E-state index contributed by atoms with van der Waals surface area (Å²) in [5.74, 6) is 0. The van der Waals surface area contributed by atoms with Gasteiger partial charge in [0.1, 0.15) is 18.9 Å². The van der Waals surface area contributed by atoms with E-state index in [4.69, 9.17) is 5.11 Å². The highest BCUT2D eigenvalue weighted by Crippen LogP contribution is 1.82. The number of hydrogen-bond donors (Lipinski definition) is 1. The third kappa shape index (κ3) is 2.86. The summed E-state index contributed by atoms with van der Waals surface area (Å²) in [6.45, 7) is 4.40. The van der Waals surface area contributed by atoms with E-state index in [1.54, 1.807) is 6.20 Å². The zero-order valence-electron chi connectivity index (χ0n) is 6.15. The molecule has 0 aromatic carbocycles. The number of aliphatic hydroxyl groups excluding tert-OH is 1. The minimum Gasteiger partial charge on any atom is -1.00 e. The molecule has 0 spiro atoms. The predicted octanol–water partition coefficient (Wildman–Crippen LogP) is -3.13. The molecule has 0 saturated heterocycles. The number of nitrogens with zero attached hydrogens (tertiary/aromatic N) is 2. The van der Waals surface area contributed by atoms with Gasteiger partial charge in [-0.05, 0) is 0 Å². The van der Waals surface area contributed by atoms with Crippen LogP contribution in [0.2, 0.25) is 0 Å². The summed E-state index contributed by atoms with van der Waals surface area (Å²) < 4.78 is 3.72. The molecule has 1 N–H and O–H groups in total. The Labute approximate surface area is 76.4 Å². The molecule has 0 unspecified atom stereocenters. The summed E-state index contributed by atoms with van der Waals surface area (Å²) in [4.78, 5) is 0. The van der Waals surface area contributed by atoms with Gasteiger partial charge < -0.3 is 22.1 Å². The van der Waals surface area contributed by atoms with Crippen LogP contribution in [0, 0.1) is 0 Å². The third-order valence-corrected chi connectivity index (χ3v) is 1.28. The van der Waals surface area contributed by atoms with Gasteiger partial charge in [0.25, 0.3) is 0 Å². The lowest BCUT2D eigenvalue weighted by Crippen LogP contribution is -3.00. The fraction of sp³-hybridized carbons (Fsp3) is 0.286. The molecular formula is C7H11BrN2O. The highest BCUT2D eigenvalue weighted by Gasteiger charge is 1.97. The van der Waals surface area contributed by atoms with E-state index in [1.165, 1.54) is 0 Å². The Morgan fingerprint density at radius 1 is 1.64 bits per heavy atom. The van der Waals surface area contributed by atoms with Crippen LogP contribution in [0.4, 0.5) is 0 Å². The number of halogens is 1. The molecule has 1 aromatic rings. The molecule has 0 saturated carbocycles. The lowest BCUT2D eigenvalue weighted by Gasteiger charge is -1.86. The average Bonchev–Trinajstić information content (AvgIpc) is 2.37. The maximum absolute atomic E-state index is 8.55. The minimum atomic E-state index is 0. The van der Waals surface area contributed by atoms with Crippen molar-refractivity contribution in [2.75, 3.05) is 6.61 Å². The summed E-state index contributed by atoms with van der Waals surface area (Å²) in [6.07, 6.45) is 7.33. The monoisotopic (exact) mass is 218 g/mol. The molecule has 1 heterocycles. The molecule has 3 nitrogen and oxygen atoms in total. The largest absolute Gasteiger partial charge is 1.00 e. The van der Waals surface area contributed by atoms with Gasteiger partial charge in [-0.25, -0.2) is 9.13 Å². The van der Waals surface area contributed by atoms with E-state index >= 15 is 0 Å². The quantitative estimate of drug-likeness (QED) is 0.535. The van der Waals surface area contributed by atoms with Gasteiger partial charge in [0.2, 0.25) is 6.33 Å². The van der Waals surface area contributed by atoms with Gasteiger partial charge in [0.15, 0.2) is 0 Å². The molecule has 4 heteroatoms.